The van der Waals surface area contributed by atoms with E-state index in [0.29, 0.717) is 32.2 Å². The van der Waals surface area contributed by atoms with Crippen LogP contribution in [-0.2, 0) is 28.7 Å². The Balaban J connectivity index is 4.27. The zero-order valence-corrected chi connectivity index (χ0v) is 26.6. The second-order valence-corrected chi connectivity index (χ2v) is 9.78. The van der Waals surface area contributed by atoms with Gasteiger partial charge in [0, 0.05) is 25.1 Å². The van der Waals surface area contributed by atoms with Crippen molar-refractivity contribution in [3.63, 3.8) is 0 Å². The van der Waals surface area contributed by atoms with Crippen molar-refractivity contribution in [1.82, 2.24) is 10.6 Å². The second-order valence-electron chi connectivity index (χ2n) is 9.78. The molecule has 0 fully saturated rings. The number of carbonyl (C=O) groups is 4. The molecule has 4 N–H and O–H groups in total. The van der Waals surface area contributed by atoms with Crippen molar-refractivity contribution in [3.05, 3.63) is 85.6 Å². The van der Waals surface area contributed by atoms with Crippen molar-refractivity contribution in [2.45, 2.75) is 83.3 Å². The number of allylic oxidation sites excluding steroid dienone is 11. The molecule has 0 saturated carbocycles. The minimum Gasteiger partial charge on any atom is -0.463 e. The van der Waals surface area contributed by atoms with Crippen LogP contribution in [0.1, 0.15) is 71.1 Å². The molecule has 45 heavy (non-hydrogen) atoms. The van der Waals surface area contributed by atoms with E-state index in [4.69, 9.17) is 9.47 Å². The third kappa shape index (κ3) is 26.1. The number of carbonyl (C=O) groups excluding carboxylic acids is 4. The summed E-state index contributed by atoms with van der Waals surface area (Å²) in [6.45, 7) is 4.72. The van der Waals surface area contributed by atoms with E-state index >= 15 is 0 Å². The van der Waals surface area contributed by atoms with Gasteiger partial charge in [-0.3, -0.25) is 9.59 Å². The highest BCUT2D eigenvalue weighted by atomic mass is 16.6. The molecule has 1 atom stereocenters. The molecule has 0 aliphatic rings. The highest BCUT2D eigenvalue weighted by molar-refractivity contribution is 5.96. The van der Waals surface area contributed by atoms with E-state index in [-0.39, 0.29) is 18.9 Å². The van der Waals surface area contributed by atoms with Crippen LogP contribution in [0.2, 0.25) is 0 Å². The first-order valence-electron chi connectivity index (χ1n) is 15.6. The summed E-state index contributed by atoms with van der Waals surface area (Å²) >= 11 is 0. The van der Waals surface area contributed by atoms with Gasteiger partial charge in [0.1, 0.15) is 12.1 Å². The fraction of sp³-hybridized carbons (Fsp3) is 0.486. The van der Waals surface area contributed by atoms with Crippen molar-refractivity contribution in [1.29, 1.82) is 0 Å². The Morgan fingerprint density at radius 3 is 1.87 bits per heavy atom. The number of ether oxygens (including phenoxy) is 2. The van der Waals surface area contributed by atoms with E-state index in [1.807, 2.05) is 18.2 Å². The molecule has 0 radical (unpaired) electrons. The molecular weight excluding hydrogens is 576 g/mol. The highest BCUT2D eigenvalue weighted by Crippen LogP contribution is 2.06. The van der Waals surface area contributed by atoms with Gasteiger partial charge in [-0.1, -0.05) is 66.8 Å². The maximum atomic E-state index is 12.5. The number of unbranched alkanes of at least 4 members (excludes halogenated alkanes) is 1. The smallest absolute Gasteiger partial charge is 0.330 e. The lowest BCUT2D eigenvalue weighted by Crippen LogP contribution is -2.43. The van der Waals surface area contributed by atoms with Crippen molar-refractivity contribution in [2.24, 2.45) is 0 Å². The average molecular weight is 629 g/mol. The summed E-state index contributed by atoms with van der Waals surface area (Å²) in [7, 11) is 0. The number of amides is 2. The van der Waals surface area contributed by atoms with E-state index in [1.54, 1.807) is 6.92 Å². The quantitative estimate of drug-likeness (QED) is 0.0474. The average Bonchev–Trinajstić information content (AvgIpc) is 3.03. The maximum absolute atomic E-state index is 12.5. The van der Waals surface area contributed by atoms with E-state index in [9.17, 15) is 29.4 Å². The monoisotopic (exact) mass is 628 g/mol. The highest BCUT2D eigenvalue weighted by Gasteiger charge is 2.24. The first-order valence-corrected chi connectivity index (χ1v) is 15.6. The lowest BCUT2D eigenvalue weighted by atomic mass is 10.1. The Kier molecular flexibility index (Phi) is 27.3. The van der Waals surface area contributed by atoms with Crippen molar-refractivity contribution in [3.8, 4) is 0 Å². The van der Waals surface area contributed by atoms with E-state index in [2.05, 4.69) is 65.8 Å². The van der Waals surface area contributed by atoms with Gasteiger partial charge in [0.2, 0.25) is 11.8 Å². The van der Waals surface area contributed by atoms with Crippen molar-refractivity contribution >= 4 is 23.8 Å². The summed E-state index contributed by atoms with van der Waals surface area (Å²) in [4.78, 5) is 48.2. The molecule has 0 aromatic carbocycles. The van der Waals surface area contributed by atoms with Gasteiger partial charge in [0.25, 0.3) is 0 Å². The fourth-order valence-corrected chi connectivity index (χ4v) is 3.58. The standard InChI is InChI=1S/C35H52N2O8/c1-3-5-6-7-8-9-10-11-12-13-14-15-16-17-18-19-20-24-32(40)36-27-22-21-23-31(35(43)45-30(28-38)29-39)37-33(41)25-26-34(42)44-4-2/h3,6-7,9-10,12-13,15-16,18-19,25-26,30-31,38-39H,1,4-5,8,11,14,17,20-24,27-29H2,2H3,(H,36,40)(H,37,41)/b7-6?,10-9-,13-12-,16-15-,19-18-,26-25+. The maximum Gasteiger partial charge on any atom is 0.330 e. The van der Waals surface area contributed by atoms with Gasteiger partial charge >= 0.3 is 11.9 Å². The molecule has 0 aliphatic carbocycles. The molecule has 10 heteroatoms. The zero-order valence-electron chi connectivity index (χ0n) is 26.6. The Bertz CT molecular complexity index is 1020. The molecule has 10 nitrogen and oxygen atoms in total. The van der Waals surface area contributed by atoms with Crippen LogP contribution in [0.25, 0.3) is 0 Å². The van der Waals surface area contributed by atoms with E-state index < -0.39 is 43.2 Å². The molecule has 250 valence electrons. The SMILES string of the molecule is C=CCC=CC/C=C\C/C=C\C/C=C\C/C=C\CCC(=O)NCCCCC(NC(=O)/C=C/C(=O)OCC)C(=O)OC(CO)CO. The number of hydrogen-bond acceptors (Lipinski definition) is 8. The largest absolute Gasteiger partial charge is 0.463 e. The van der Waals surface area contributed by atoms with Gasteiger partial charge in [-0.15, -0.1) is 6.58 Å². The lowest BCUT2D eigenvalue weighted by molar-refractivity contribution is -0.157. The molecule has 1 unspecified atom stereocenters. The van der Waals surface area contributed by atoms with Crippen LogP contribution >= 0.6 is 0 Å². The van der Waals surface area contributed by atoms with Gasteiger partial charge in [0.05, 0.1) is 19.8 Å². The fourth-order valence-electron chi connectivity index (χ4n) is 3.58. The Morgan fingerprint density at radius 2 is 1.33 bits per heavy atom. The Hall–Kier alpha value is -4.02. The summed E-state index contributed by atoms with van der Waals surface area (Å²) in [6, 6.07) is -1.07. The first-order chi connectivity index (χ1) is 21.9. The molecule has 0 rings (SSSR count). The minimum absolute atomic E-state index is 0.0794. The van der Waals surface area contributed by atoms with Gasteiger partial charge in [-0.2, -0.15) is 0 Å². The topological polar surface area (TPSA) is 151 Å². The summed E-state index contributed by atoms with van der Waals surface area (Å²) in [5.74, 6) is -2.30. The molecule has 0 saturated heterocycles. The Labute approximate surface area is 268 Å². The number of aliphatic hydroxyl groups excluding tert-OH is 2. The summed E-state index contributed by atoms with van der Waals surface area (Å²) in [6.07, 6.45) is 30.4. The van der Waals surface area contributed by atoms with Gasteiger partial charge in [-0.25, -0.2) is 9.59 Å². The molecule has 0 aromatic rings. The van der Waals surface area contributed by atoms with Crippen molar-refractivity contribution in [2.75, 3.05) is 26.4 Å². The normalized spacial score (nSPS) is 12.7. The predicted octanol–water partition coefficient (Wildman–Crippen LogP) is 4.47. The van der Waals surface area contributed by atoms with E-state index in [1.165, 1.54) is 0 Å². The lowest BCUT2D eigenvalue weighted by Gasteiger charge is -2.20. The van der Waals surface area contributed by atoms with Crippen LogP contribution in [0.5, 0.6) is 0 Å². The van der Waals surface area contributed by atoms with Crippen LogP contribution in [-0.4, -0.2) is 72.5 Å². The van der Waals surface area contributed by atoms with Crippen LogP contribution < -0.4 is 10.6 Å². The number of rotatable bonds is 26. The summed E-state index contributed by atoms with van der Waals surface area (Å²) in [5, 5.41) is 23.7. The molecule has 0 aromatic heterocycles. The van der Waals surface area contributed by atoms with Crippen LogP contribution in [0.3, 0.4) is 0 Å². The molecule has 0 spiro atoms. The summed E-state index contributed by atoms with van der Waals surface area (Å²) < 4.78 is 9.75. The van der Waals surface area contributed by atoms with Crippen LogP contribution in [0.4, 0.5) is 0 Å². The molecule has 0 aliphatic heterocycles. The molecule has 0 heterocycles. The van der Waals surface area contributed by atoms with Crippen molar-refractivity contribution < 1.29 is 38.9 Å². The summed E-state index contributed by atoms with van der Waals surface area (Å²) in [5.41, 5.74) is 0. The first kappa shape index (κ1) is 41.0. The minimum atomic E-state index is -1.11. The van der Waals surface area contributed by atoms with Gasteiger partial charge in [0.15, 0.2) is 0 Å². The number of esters is 2. The molecular formula is C35H52N2O8. The number of aliphatic hydroxyl groups is 2. The van der Waals surface area contributed by atoms with Gasteiger partial charge < -0.3 is 30.3 Å². The Morgan fingerprint density at radius 1 is 0.778 bits per heavy atom. The third-order valence-electron chi connectivity index (χ3n) is 5.95. The zero-order chi connectivity index (χ0) is 33.4. The number of nitrogens with one attached hydrogen (secondary N) is 2. The second kappa shape index (κ2) is 30.0. The van der Waals surface area contributed by atoms with Crippen LogP contribution in [0.15, 0.2) is 85.6 Å². The van der Waals surface area contributed by atoms with E-state index in [0.717, 1.165) is 44.3 Å². The predicted molar refractivity (Wildman–Crippen MR) is 177 cm³/mol. The van der Waals surface area contributed by atoms with Gasteiger partial charge in [-0.05, 0) is 64.7 Å². The molecule has 0 bridgehead atoms. The van der Waals surface area contributed by atoms with Crippen LogP contribution in [0, 0.1) is 0 Å². The number of hydrogen-bond donors (Lipinski definition) is 4. The third-order valence-corrected chi connectivity index (χ3v) is 5.95. The molecule has 2 amide bonds.